The Hall–Kier alpha value is -2.88. The third kappa shape index (κ3) is 2.91. The van der Waals surface area contributed by atoms with E-state index in [1.165, 1.54) is 0 Å². The van der Waals surface area contributed by atoms with E-state index >= 15 is 0 Å². The molecule has 0 aliphatic rings. The normalized spacial score (nSPS) is 10.6. The Morgan fingerprint density at radius 3 is 2.41 bits per heavy atom. The summed E-state index contributed by atoms with van der Waals surface area (Å²) in [4.78, 5) is 11.1. The second-order valence-corrected chi connectivity index (χ2v) is 5.22. The van der Waals surface area contributed by atoms with Crippen molar-refractivity contribution < 1.29 is 9.90 Å². The first-order valence-corrected chi connectivity index (χ1v) is 7.06. The zero-order valence-corrected chi connectivity index (χ0v) is 12.2. The number of aliphatic carboxylic acids is 1. The van der Waals surface area contributed by atoms with Gasteiger partial charge in [-0.15, -0.1) is 0 Å². The van der Waals surface area contributed by atoms with Crippen LogP contribution in [0.5, 0.6) is 0 Å². The molecule has 1 N–H and O–H groups in total. The summed E-state index contributed by atoms with van der Waals surface area (Å²) in [6.07, 6.45) is 1.74. The average Bonchev–Trinajstić information content (AvgIpc) is 2.92. The van der Waals surface area contributed by atoms with E-state index in [4.69, 9.17) is 5.11 Å². The van der Waals surface area contributed by atoms with Crippen LogP contribution in [0.15, 0.2) is 60.8 Å². The molecule has 0 saturated heterocycles. The van der Waals surface area contributed by atoms with Gasteiger partial charge in [-0.3, -0.25) is 4.79 Å². The second kappa shape index (κ2) is 5.85. The maximum atomic E-state index is 11.1. The Balaban J connectivity index is 2.09. The summed E-state index contributed by atoms with van der Waals surface area (Å²) in [5, 5.41) is 13.7. The smallest absolute Gasteiger partial charge is 0.307 e. The lowest BCUT2D eigenvalue weighted by Crippen LogP contribution is -2.00. The van der Waals surface area contributed by atoms with Gasteiger partial charge in [0.1, 0.15) is 0 Å². The Morgan fingerprint density at radius 2 is 1.77 bits per heavy atom. The lowest BCUT2D eigenvalue weighted by atomic mass is 10.0. The number of carboxylic acids is 1. The van der Waals surface area contributed by atoms with Crippen LogP contribution in [0.1, 0.15) is 11.1 Å². The Bertz CT molecular complexity index is 790. The molecule has 4 heteroatoms. The van der Waals surface area contributed by atoms with Crippen LogP contribution in [-0.4, -0.2) is 20.9 Å². The Morgan fingerprint density at radius 1 is 1.09 bits per heavy atom. The van der Waals surface area contributed by atoms with Gasteiger partial charge in [-0.2, -0.15) is 5.10 Å². The topological polar surface area (TPSA) is 55.1 Å². The van der Waals surface area contributed by atoms with Gasteiger partial charge in [-0.05, 0) is 19.1 Å². The summed E-state index contributed by atoms with van der Waals surface area (Å²) in [5.74, 6) is -0.860. The van der Waals surface area contributed by atoms with E-state index in [2.05, 4.69) is 5.10 Å². The van der Waals surface area contributed by atoms with Crippen LogP contribution < -0.4 is 0 Å². The van der Waals surface area contributed by atoms with E-state index in [1.54, 1.807) is 10.9 Å². The minimum atomic E-state index is -0.860. The summed E-state index contributed by atoms with van der Waals surface area (Å²) >= 11 is 0. The van der Waals surface area contributed by atoms with E-state index in [0.717, 1.165) is 16.8 Å². The highest BCUT2D eigenvalue weighted by atomic mass is 16.4. The maximum absolute atomic E-state index is 11.1. The molecule has 0 radical (unpaired) electrons. The number of nitrogens with zero attached hydrogens (tertiary/aromatic N) is 2. The molecule has 22 heavy (non-hydrogen) atoms. The molecule has 0 atom stereocenters. The number of rotatable bonds is 4. The van der Waals surface area contributed by atoms with E-state index in [9.17, 15) is 4.79 Å². The lowest BCUT2D eigenvalue weighted by Gasteiger charge is -2.01. The van der Waals surface area contributed by atoms with Gasteiger partial charge < -0.3 is 5.11 Å². The van der Waals surface area contributed by atoms with Gasteiger partial charge in [0.05, 0.1) is 17.8 Å². The van der Waals surface area contributed by atoms with Crippen LogP contribution in [0.4, 0.5) is 0 Å². The van der Waals surface area contributed by atoms with E-state index < -0.39 is 5.97 Å². The lowest BCUT2D eigenvalue weighted by molar-refractivity contribution is -0.136. The number of hydrogen-bond donors (Lipinski definition) is 1. The highest BCUT2D eigenvalue weighted by Gasteiger charge is 2.14. The van der Waals surface area contributed by atoms with Crippen LogP contribution in [0.2, 0.25) is 0 Å². The van der Waals surface area contributed by atoms with Crippen LogP contribution in [-0.2, 0) is 11.2 Å². The van der Waals surface area contributed by atoms with Crippen LogP contribution in [0, 0.1) is 6.92 Å². The molecule has 3 aromatic rings. The third-order valence-corrected chi connectivity index (χ3v) is 3.48. The van der Waals surface area contributed by atoms with Crippen molar-refractivity contribution in [3.05, 3.63) is 71.9 Å². The number of aromatic nitrogens is 2. The summed E-state index contributed by atoms with van der Waals surface area (Å²) in [6.45, 7) is 2.02. The molecule has 0 amide bonds. The molecule has 4 nitrogen and oxygen atoms in total. The fourth-order valence-electron chi connectivity index (χ4n) is 2.37. The first kappa shape index (κ1) is 14.1. The first-order valence-electron chi connectivity index (χ1n) is 7.06. The van der Waals surface area contributed by atoms with Crippen molar-refractivity contribution >= 4 is 5.97 Å². The maximum Gasteiger partial charge on any atom is 0.307 e. The van der Waals surface area contributed by atoms with Crippen molar-refractivity contribution in [3.63, 3.8) is 0 Å². The number of carboxylic acid groups (broad SMARTS) is 1. The zero-order valence-electron chi connectivity index (χ0n) is 12.2. The predicted molar refractivity (Wildman–Crippen MR) is 85.1 cm³/mol. The average molecular weight is 292 g/mol. The highest BCUT2D eigenvalue weighted by Crippen LogP contribution is 2.24. The van der Waals surface area contributed by atoms with Crippen LogP contribution in [0.3, 0.4) is 0 Å². The van der Waals surface area contributed by atoms with E-state index in [0.29, 0.717) is 11.3 Å². The van der Waals surface area contributed by atoms with Crippen molar-refractivity contribution in [2.24, 2.45) is 0 Å². The molecular weight excluding hydrogens is 276 g/mol. The van der Waals surface area contributed by atoms with Gasteiger partial charge in [0.25, 0.3) is 0 Å². The number of carbonyl (C=O) groups is 1. The van der Waals surface area contributed by atoms with Gasteiger partial charge >= 0.3 is 5.97 Å². The van der Waals surface area contributed by atoms with Crippen molar-refractivity contribution in [2.75, 3.05) is 0 Å². The molecule has 1 heterocycles. The van der Waals surface area contributed by atoms with E-state index in [1.807, 2.05) is 61.5 Å². The fraction of sp³-hybridized carbons (Fsp3) is 0.111. The van der Waals surface area contributed by atoms with Gasteiger partial charge in [0.2, 0.25) is 0 Å². The minimum Gasteiger partial charge on any atom is -0.481 e. The summed E-state index contributed by atoms with van der Waals surface area (Å²) in [5.41, 5.74) is 4.42. The molecule has 0 spiro atoms. The number of benzene rings is 2. The minimum absolute atomic E-state index is 0.0456. The highest BCUT2D eigenvalue weighted by molar-refractivity contribution is 5.75. The molecule has 0 saturated carbocycles. The van der Waals surface area contributed by atoms with E-state index in [-0.39, 0.29) is 6.42 Å². The van der Waals surface area contributed by atoms with Gasteiger partial charge in [0, 0.05) is 17.3 Å². The quantitative estimate of drug-likeness (QED) is 0.801. The molecule has 0 aliphatic heterocycles. The summed E-state index contributed by atoms with van der Waals surface area (Å²) in [7, 11) is 0. The number of hydrogen-bond acceptors (Lipinski definition) is 2. The van der Waals surface area contributed by atoms with Crippen LogP contribution >= 0.6 is 0 Å². The predicted octanol–water partition coefficient (Wildman–Crippen LogP) is 3.47. The molecule has 2 aromatic carbocycles. The molecule has 0 unspecified atom stereocenters. The molecular formula is C18H16N2O2. The number of para-hydroxylation sites is 1. The Labute approximate surface area is 128 Å². The summed E-state index contributed by atoms with van der Waals surface area (Å²) < 4.78 is 1.73. The van der Waals surface area contributed by atoms with Crippen molar-refractivity contribution in [2.45, 2.75) is 13.3 Å². The van der Waals surface area contributed by atoms with Crippen LogP contribution in [0.25, 0.3) is 16.9 Å². The fourth-order valence-corrected chi connectivity index (χ4v) is 2.37. The SMILES string of the molecule is Cc1ccc(-c2nn(-c3ccccc3)cc2CC(=O)O)cc1. The molecule has 0 fully saturated rings. The largest absolute Gasteiger partial charge is 0.481 e. The number of aryl methyl sites for hydroxylation is 1. The van der Waals surface area contributed by atoms with Gasteiger partial charge in [0.15, 0.2) is 0 Å². The van der Waals surface area contributed by atoms with Gasteiger partial charge in [-0.25, -0.2) is 4.68 Å². The van der Waals surface area contributed by atoms with Gasteiger partial charge in [-0.1, -0.05) is 48.0 Å². The van der Waals surface area contributed by atoms with Crippen molar-refractivity contribution in [3.8, 4) is 16.9 Å². The summed E-state index contributed by atoms with van der Waals surface area (Å²) in [6, 6.07) is 17.6. The standard InChI is InChI=1S/C18H16N2O2/c1-13-7-9-14(10-8-13)18-15(11-17(21)22)12-20(19-18)16-5-3-2-4-6-16/h2-10,12H,11H2,1H3,(H,21,22). The zero-order chi connectivity index (χ0) is 15.5. The van der Waals surface area contributed by atoms with Crippen molar-refractivity contribution in [1.82, 2.24) is 9.78 Å². The first-order chi connectivity index (χ1) is 10.6. The molecule has 1 aromatic heterocycles. The molecule has 110 valence electrons. The monoisotopic (exact) mass is 292 g/mol. The molecule has 0 aliphatic carbocycles. The molecule has 3 rings (SSSR count). The second-order valence-electron chi connectivity index (χ2n) is 5.22. The van der Waals surface area contributed by atoms with Crippen molar-refractivity contribution in [1.29, 1.82) is 0 Å². The Kier molecular flexibility index (Phi) is 3.74. The third-order valence-electron chi connectivity index (χ3n) is 3.48. The molecule has 0 bridgehead atoms.